The van der Waals surface area contributed by atoms with Crippen LogP contribution in [0.3, 0.4) is 0 Å². The molecule has 0 saturated carbocycles. The van der Waals surface area contributed by atoms with Crippen molar-refractivity contribution in [2.75, 3.05) is 26.3 Å². The quantitative estimate of drug-likeness (QED) is 0.692. The Hall–Kier alpha value is -2.20. The van der Waals surface area contributed by atoms with Crippen molar-refractivity contribution in [3.63, 3.8) is 0 Å². The Labute approximate surface area is 179 Å². The van der Waals surface area contributed by atoms with Gasteiger partial charge in [-0.25, -0.2) is 4.79 Å². The molecule has 1 unspecified atom stereocenters. The zero-order valence-electron chi connectivity index (χ0n) is 17.7. The molecule has 7 nitrogen and oxygen atoms in total. The van der Waals surface area contributed by atoms with E-state index >= 15 is 0 Å². The molecule has 2 aliphatic heterocycles. The molecule has 2 fully saturated rings. The van der Waals surface area contributed by atoms with Crippen LogP contribution in [0, 0.1) is 11.8 Å². The van der Waals surface area contributed by atoms with Gasteiger partial charge in [-0.2, -0.15) is 13.2 Å². The number of hydrogen-bond acceptors (Lipinski definition) is 5. The Morgan fingerprint density at radius 3 is 2.48 bits per heavy atom. The molecule has 10 heteroatoms. The highest BCUT2D eigenvalue weighted by Crippen LogP contribution is 2.40. The van der Waals surface area contributed by atoms with E-state index in [0.717, 1.165) is 38.1 Å². The molecule has 0 radical (unpaired) electrons. The van der Waals surface area contributed by atoms with E-state index in [0.29, 0.717) is 31.5 Å². The van der Waals surface area contributed by atoms with Gasteiger partial charge in [-0.3, -0.25) is 9.78 Å². The first-order valence-electron chi connectivity index (χ1n) is 10.2. The number of carbonyl (C=O) groups excluding carboxylic acids is 1. The molecule has 31 heavy (non-hydrogen) atoms. The lowest BCUT2D eigenvalue weighted by molar-refractivity contribution is -0.192. The summed E-state index contributed by atoms with van der Waals surface area (Å²) in [4.78, 5) is 27.1. The van der Waals surface area contributed by atoms with Crippen molar-refractivity contribution in [1.82, 2.24) is 9.88 Å². The first-order chi connectivity index (χ1) is 14.5. The fourth-order valence-corrected chi connectivity index (χ4v) is 3.51. The van der Waals surface area contributed by atoms with Crippen LogP contribution in [0.4, 0.5) is 13.2 Å². The first-order valence-corrected chi connectivity index (χ1v) is 10.2. The molecule has 1 amide bonds. The van der Waals surface area contributed by atoms with Gasteiger partial charge in [-0.15, -0.1) is 0 Å². The summed E-state index contributed by atoms with van der Waals surface area (Å²) in [5, 5.41) is 7.12. The largest absolute Gasteiger partial charge is 0.490 e. The number of pyridine rings is 1. The third kappa shape index (κ3) is 7.46. The van der Waals surface area contributed by atoms with Gasteiger partial charge in [-0.1, -0.05) is 13.8 Å². The summed E-state index contributed by atoms with van der Waals surface area (Å²) < 4.78 is 43.6. The minimum absolute atomic E-state index is 0.161. The van der Waals surface area contributed by atoms with Gasteiger partial charge in [0.15, 0.2) is 0 Å². The third-order valence-electron chi connectivity index (χ3n) is 5.38. The Morgan fingerprint density at radius 2 is 1.94 bits per heavy atom. The average molecular weight is 446 g/mol. The highest BCUT2D eigenvalue weighted by molar-refractivity contribution is 5.77. The van der Waals surface area contributed by atoms with Crippen LogP contribution in [0.15, 0.2) is 24.5 Å². The predicted molar refractivity (Wildman–Crippen MR) is 105 cm³/mol. The molecule has 1 aromatic heterocycles. The van der Waals surface area contributed by atoms with Crippen LogP contribution in [-0.4, -0.2) is 64.9 Å². The molecule has 3 rings (SSSR count). The van der Waals surface area contributed by atoms with Crippen molar-refractivity contribution in [2.24, 2.45) is 11.8 Å². The van der Waals surface area contributed by atoms with Crippen LogP contribution in [0.25, 0.3) is 0 Å². The van der Waals surface area contributed by atoms with Gasteiger partial charge in [0.2, 0.25) is 5.91 Å². The molecular formula is C21H29F3N2O5. The fourth-order valence-electron chi connectivity index (χ4n) is 3.51. The maximum atomic E-state index is 12.2. The van der Waals surface area contributed by atoms with Gasteiger partial charge in [0, 0.05) is 31.3 Å². The van der Waals surface area contributed by atoms with Crippen LogP contribution in [0.5, 0.6) is 0 Å². The average Bonchev–Trinajstić information content (AvgIpc) is 3.09. The minimum Gasteiger partial charge on any atom is -0.475 e. The summed E-state index contributed by atoms with van der Waals surface area (Å²) in [5.74, 6) is -1.54. The Bertz CT molecular complexity index is 721. The Kier molecular flexibility index (Phi) is 8.81. The number of likely N-dealkylation sites (tertiary alicyclic amines) is 1. The van der Waals surface area contributed by atoms with E-state index in [9.17, 15) is 18.0 Å². The number of aliphatic carboxylic acids is 1. The molecule has 2 saturated heterocycles. The zero-order chi connectivity index (χ0) is 23.1. The van der Waals surface area contributed by atoms with Gasteiger partial charge < -0.3 is 19.5 Å². The molecule has 0 aliphatic carbocycles. The van der Waals surface area contributed by atoms with Gasteiger partial charge in [0.05, 0.1) is 26.3 Å². The number of carboxylic acids is 1. The number of carboxylic acid groups (broad SMARTS) is 1. The second kappa shape index (κ2) is 10.9. The molecule has 0 aromatic carbocycles. The molecule has 3 heterocycles. The van der Waals surface area contributed by atoms with Crippen LogP contribution in [0.2, 0.25) is 0 Å². The fraction of sp³-hybridized carbons (Fsp3) is 0.667. The SMILES string of the molecule is CC(C)CCC(=O)N1CC2(C1)OCCC2COCc1ccncc1.O=C(O)C(F)(F)F. The minimum atomic E-state index is -5.08. The zero-order valence-corrected chi connectivity index (χ0v) is 17.7. The molecule has 2 aliphatic rings. The maximum Gasteiger partial charge on any atom is 0.490 e. The summed E-state index contributed by atoms with van der Waals surface area (Å²) in [6, 6.07) is 3.94. The second-order valence-corrected chi connectivity index (χ2v) is 8.25. The van der Waals surface area contributed by atoms with E-state index < -0.39 is 12.1 Å². The van der Waals surface area contributed by atoms with Gasteiger partial charge in [0.1, 0.15) is 5.60 Å². The number of carbonyl (C=O) groups is 2. The maximum absolute atomic E-state index is 12.2. The Morgan fingerprint density at radius 1 is 1.32 bits per heavy atom. The van der Waals surface area contributed by atoms with E-state index in [1.807, 2.05) is 17.0 Å². The molecule has 1 aromatic rings. The lowest BCUT2D eigenvalue weighted by atomic mass is 9.81. The van der Waals surface area contributed by atoms with Crippen LogP contribution in [-0.2, 0) is 25.7 Å². The molecule has 1 atom stereocenters. The summed E-state index contributed by atoms with van der Waals surface area (Å²) in [7, 11) is 0. The van der Waals surface area contributed by atoms with E-state index in [-0.39, 0.29) is 11.5 Å². The lowest BCUT2D eigenvalue weighted by Crippen LogP contribution is -2.66. The van der Waals surface area contributed by atoms with Crippen molar-refractivity contribution < 1.29 is 37.3 Å². The number of halogens is 3. The number of aromatic nitrogens is 1. The molecule has 174 valence electrons. The summed E-state index contributed by atoms with van der Waals surface area (Å²) in [6.45, 7) is 7.84. The number of ether oxygens (including phenoxy) is 2. The summed E-state index contributed by atoms with van der Waals surface area (Å²) in [6.07, 6.45) is 1.11. The topological polar surface area (TPSA) is 89.0 Å². The van der Waals surface area contributed by atoms with E-state index in [2.05, 4.69) is 18.8 Å². The van der Waals surface area contributed by atoms with Gasteiger partial charge >= 0.3 is 12.1 Å². The third-order valence-corrected chi connectivity index (χ3v) is 5.38. The Balaban J connectivity index is 0.000000423. The number of hydrogen-bond donors (Lipinski definition) is 1. The molecule has 1 N–H and O–H groups in total. The highest BCUT2D eigenvalue weighted by Gasteiger charge is 2.54. The normalized spacial score (nSPS) is 19.7. The van der Waals surface area contributed by atoms with Crippen LogP contribution in [0.1, 0.15) is 38.7 Å². The van der Waals surface area contributed by atoms with E-state index in [1.165, 1.54) is 0 Å². The van der Waals surface area contributed by atoms with E-state index in [4.69, 9.17) is 19.4 Å². The number of nitrogens with zero attached hydrogens (tertiary/aromatic N) is 2. The van der Waals surface area contributed by atoms with Crippen LogP contribution >= 0.6 is 0 Å². The summed E-state index contributed by atoms with van der Waals surface area (Å²) >= 11 is 0. The summed E-state index contributed by atoms with van der Waals surface area (Å²) in [5.41, 5.74) is 0.975. The van der Waals surface area contributed by atoms with Crippen molar-refractivity contribution in [1.29, 1.82) is 0 Å². The smallest absolute Gasteiger partial charge is 0.475 e. The lowest BCUT2D eigenvalue weighted by Gasteiger charge is -2.50. The first kappa shape index (κ1) is 25.1. The van der Waals surface area contributed by atoms with Gasteiger partial charge in [-0.05, 0) is 36.5 Å². The van der Waals surface area contributed by atoms with Crippen molar-refractivity contribution in [3.8, 4) is 0 Å². The number of amides is 1. The number of alkyl halides is 3. The molecule has 1 spiro atoms. The molecule has 0 bridgehead atoms. The number of rotatable bonds is 7. The van der Waals surface area contributed by atoms with Crippen LogP contribution < -0.4 is 0 Å². The van der Waals surface area contributed by atoms with Crippen molar-refractivity contribution >= 4 is 11.9 Å². The molecular weight excluding hydrogens is 417 g/mol. The van der Waals surface area contributed by atoms with Crippen molar-refractivity contribution in [2.45, 2.75) is 51.5 Å². The van der Waals surface area contributed by atoms with E-state index in [1.54, 1.807) is 12.4 Å². The predicted octanol–water partition coefficient (Wildman–Crippen LogP) is 3.29. The standard InChI is InChI=1S/C19H28N2O3.C2HF3O2/c1-15(2)3-4-18(22)21-13-19(14-21)17(7-10-24-19)12-23-11-16-5-8-20-9-6-16;3-2(4,5)1(6)7/h5-6,8-9,15,17H,3-4,7,10-14H2,1-2H3;(H,6,7). The van der Waals surface area contributed by atoms with Gasteiger partial charge in [0.25, 0.3) is 0 Å². The second-order valence-electron chi connectivity index (χ2n) is 8.25. The monoisotopic (exact) mass is 446 g/mol. The van der Waals surface area contributed by atoms with Crippen molar-refractivity contribution in [3.05, 3.63) is 30.1 Å². The highest BCUT2D eigenvalue weighted by atomic mass is 19.4.